The average Bonchev–Trinajstić information content (AvgIpc) is 3.17. The smallest absolute Gasteiger partial charge is 0.326 e. The van der Waals surface area contributed by atoms with E-state index in [9.17, 15) is 14.0 Å². The van der Waals surface area contributed by atoms with Gasteiger partial charge >= 0.3 is 5.97 Å². The maximum atomic E-state index is 14.0. The number of hydrogen-bond donors (Lipinski definition) is 1. The molecule has 0 heterocycles. The van der Waals surface area contributed by atoms with Crippen molar-refractivity contribution in [1.82, 2.24) is 4.90 Å². The minimum Gasteiger partial charge on any atom is -0.480 e. The van der Waals surface area contributed by atoms with Gasteiger partial charge in [-0.3, -0.25) is 4.79 Å². The number of carboxylic acids is 1. The first kappa shape index (κ1) is 13.5. The lowest BCUT2D eigenvalue weighted by Crippen LogP contribution is -2.45. The van der Waals surface area contributed by atoms with Crippen molar-refractivity contribution in [3.05, 3.63) is 35.1 Å². The second-order valence-electron chi connectivity index (χ2n) is 4.89. The molecule has 1 atom stereocenters. The van der Waals surface area contributed by atoms with Gasteiger partial charge in [0.1, 0.15) is 11.9 Å². The van der Waals surface area contributed by atoms with Crippen LogP contribution in [-0.2, 0) is 4.79 Å². The summed E-state index contributed by atoms with van der Waals surface area (Å²) in [5.74, 6) is -2.19. The molecule has 19 heavy (non-hydrogen) atoms. The van der Waals surface area contributed by atoms with Gasteiger partial charge in [0, 0.05) is 6.04 Å². The molecule has 1 aromatic carbocycles. The van der Waals surface area contributed by atoms with E-state index in [2.05, 4.69) is 0 Å². The van der Waals surface area contributed by atoms with Gasteiger partial charge in [-0.1, -0.05) is 12.1 Å². The van der Waals surface area contributed by atoms with E-state index in [0.29, 0.717) is 5.56 Å². The van der Waals surface area contributed by atoms with E-state index in [0.717, 1.165) is 12.8 Å². The van der Waals surface area contributed by atoms with Gasteiger partial charge in [0.15, 0.2) is 0 Å². The summed E-state index contributed by atoms with van der Waals surface area (Å²) in [4.78, 5) is 24.7. The Morgan fingerprint density at radius 3 is 2.58 bits per heavy atom. The number of carbonyl (C=O) groups excluding carboxylic acids is 1. The molecule has 4 nitrogen and oxygen atoms in total. The molecule has 1 aliphatic carbocycles. The van der Waals surface area contributed by atoms with Gasteiger partial charge in [-0.15, -0.1) is 0 Å². The molecule has 1 aromatic rings. The molecule has 0 radical (unpaired) electrons. The van der Waals surface area contributed by atoms with Crippen LogP contribution in [0.4, 0.5) is 4.39 Å². The molecule has 0 saturated heterocycles. The van der Waals surface area contributed by atoms with Crippen LogP contribution in [0, 0.1) is 12.7 Å². The fourth-order valence-electron chi connectivity index (χ4n) is 2.08. The van der Waals surface area contributed by atoms with Gasteiger partial charge in [-0.25, -0.2) is 9.18 Å². The normalized spacial score (nSPS) is 15.9. The summed E-state index contributed by atoms with van der Waals surface area (Å²) < 4.78 is 14.0. The fraction of sp³-hybridized carbons (Fsp3) is 0.429. The molecule has 2 rings (SSSR count). The molecule has 1 unspecified atom stereocenters. The summed E-state index contributed by atoms with van der Waals surface area (Å²) in [5, 5.41) is 9.06. The van der Waals surface area contributed by atoms with E-state index in [1.807, 2.05) is 0 Å². The highest BCUT2D eigenvalue weighted by Crippen LogP contribution is 2.31. The quantitative estimate of drug-likeness (QED) is 0.908. The lowest BCUT2D eigenvalue weighted by atomic mass is 10.1. The largest absolute Gasteiger partial charge is 0.480 e. The number of nitrogens with zero attached hydrogens (tertiary/aromatic N) is 1. The monoisotopic (exact) mass is 265 g/mol. The molecule has 1 aliphatic rings. The Labute approximate surface area is 110 Å². The summed E-state index contributed by atoms with van der Waals surface area (Å²) in [6.45, 7) is 3.03. The summed E-state index contributed by atoms with van der Waals surface area (Å²) in [5.41, 5.74) is 0.324. The van der Waals surface area contributed by atoms with Crippen molar-refractivity contribution < 1.29 is 19.1 Å². The maximum Gasteiger partial charge on any atom is 0.326 e. The van der Waals surface area contributed by atoms with Crippen molar-refractivity contribution in [2.75, 3.05) is 0 Å². The number of halogens is 1. The van der Waals surface area contributed by atoms with Gasteiger partial charge in [0.25, 0.3) is 5.91 Å². The average molecular weight is 265 g/mol. The summed E-state index contributed by atoms with van der Waals surface area (Å²) >= 11 is 0. The number of rotatable bonds is 4. The van der Waals surface area contributed by atoms with Crippen molar-refractivity contribution in [3.8, 4) is 0 Å². The number of carboxylic acid groups (broad SMARTS) is 1. The number of benzene rings is 1. The van der Waals surface area contributed by atoms with Gasteiger partial charge in [-0.05, 0) is 38.3 Å². The molecule has 0 spiro atoms. The van der Waals surface area contributed by atoms with E-state index in [-0.39, 0.29) is 11.6 Å². The topological polar surface area (TPSA) is 57.6 Å². The van der Waals surface area contributed by atoms with Gasteiger partial charge in [0.05, 0.1) is 5.56 Å². The summed E-state index contributed by atoms with van der Waals surface area (Å²) in [6.07, 6.45) is 1.55. The number of hydrogen-bond acceptors (Lipinski definition) is 2. The van der Waals surface area contributed by atoms with Crippen LogP contribution in [0.25, 0.3) is 0 Å². The van der Waals surface area contributed by atoms with Gasteiger partial charge in [0.2, 0.25) is 0 Å². The first-order valence-electron chi connectivity index (χ1n) is 6.24. The van der Waals surface area contributed by atoms with E-state index in [1.54, 1.807) is 19.1 Å². The highest BCUT2D eigenvalue weighted by molar-refractivity contribution is 5.97. The summed E-state index contributed by atoms with van der Waals surface area (Å²) in [7, 11) is 0. The second-order valence-corrected chi connectivity index (χ2v) is 4.89. The number of carbonyl (C=O) groups is 2. The van der Waals surface area contributed by atoms with Crippen molar-refractivity contribution in [3.63, 3.8) is 0 Å². The van der Waals surface area contributed by atoms with Crippen LogP contribution in [-0.4, -0.2) is 34.0 Å². The molecule has 1 fully saturated rings. The SMILES string of the molecule is Cc1cccc(C(=O)N(C2CC2)C(C)C(=O)O)c1F. The molecule has 1 saturated carbocycles. The zero-order valence-electron chi connectivity index (χ0n) is 10.9. The standard InChI is InChI=1S/C14H16FNO3/c1-8-4-3-5-11(12(8)15)13(17)16(10-6-7-10)9(2)14(18)19/h3-5,9-10H,6-7H2,1-2H3,(H,18,19). The molecule has 0 bridgehead atoms. The zero-order chi connectivity index (χ0) is 14.2. The highest BCUT2D eigenvalue weighted by atomic mass is 19.1. The highest BCUT2D eigenvalue weighted by Gasteiger charge is 2.39. The maximum absolute atomic E-state index is 14.0. The van der Waals surface area contributed by atoms with E-state index in [4.69, 9.17) is 5.11 Å². The van der Waals surface area contributed by atoms with Crippen molar-refractivity contribution in [1.29, 1.82) is 0 Å². The molecule has 1 N–H and O–H groups in total. The lowest BCUT2D eigenvalue weighted by Gasteiger charge is -2.26. The summed E-state index contributed by atoms with van der Waals surface area (Å²) in [6, 6.07) is 3.55. The minimum absolute atomic E-state index is 0.0556. The molecule has 0 aromatic heterocycles. The Bertz CT molecular complexity index is 525. The minimum atomic E-state index is -1.08. The Balaban J connectivity index is 2.34. The van der Waals surface area contributed by atoms with Crippen LogP contribution in [0.15, 0.2) is 18.2 Å². The molecular formula is C14H16FNO3. The fourth-order valence-corrected chi connectivity index (χ4v) is 2.08. The molecule has 102 valence electrons. The van der Waals surface area contributed by atoms with Crippen molar-refractivity contribution in [2.24, 2.45) is 0 Å². The van der Waals surface area contributed by atoms with Crippen LogP contribution in [0.3, 0.4) is 0 Å². The molecule has 0 aliphatic heterocycles. The number of aliphatic carboxylic acids is 1. The van der Waals surface area contributed by atoms with E-state index >= 15 is 0 Å². The Kier molecular flexibility index (Phi) is 3.55. The van der Waals surface area contributed by atoms with Gasteiger partial charge < -0.3 is 10.0 Å². The Hall–Kier alpha value is -1.91. The number of aryl methyl sites for hydroxylation is 1. The van der Waals surface area contributed by atoms with E-state index in [1.165, 1.54) is 17.9 Å². The molecule has 1 amide bonds. The lowest BCUT2D eigenvalue weighted by molar-refractivity contribution is -0.141. The van der Waals surface area contributed by atoms with Crippen LogP contribution >= 0.6 is 0 Å². The van der Waals surface area contributed by atoms with Crippen molar-refractivity contribution >= 4 is 11.9 Å². The third kappa shape index (κ3) is 2.59. The van der Waals surface area contributed by atoms with Crippen LogP contribution in [0.2, 0.25) is 0 Å². The van der Waals surface area contributed by atoms with Crippen LogP contribution in [0.1, 0.15) is 35.7 Å². The van der Waals surface area contributed by atoms with E-state index < -0.39 is 23.7 Å². The van der Waals surface area contributed by atoms with Gasteiger partial charge in [-0.2, -0.15) is 0 Å². The third-order valence-electron chi connectivity index (χ3n) is 3.37. The first-order valence-corrected chi connectivity index (χ1v) is 6.24. The first-order chi connectivity index (χ1) is 8.93. The van der Waals surface area contributed by atoms with Crippen LogP contribution < -0.4 is 0 Å². The Morgan fingerprint density at radius 1 is 1.42 bits per heavy atom. The molecular weight excluding hydrogens is 249 g/mol. The predicted octanol–water partition coefficient (Wildman–Crippen LogP) is 2.21. The molecule has 5 heteroatoms. The van der Waals surface area contributed by atoms with Crippen molar-refractivity contribution in [2.45, 2.75) is 38.8 Å². The van der Waals surface area contributed by atoms with Crippen LogP contribution in [0.5, 0.6) is 0 Å². The number of amides is 1. The zero-order valence-corrected chi connectivity index (χ0v) is 10.9. The second kappa shape index (κ2) is 4.99. The Morgan fingerprint density at radius 2 is 2.05 bits per heavy atom. The third-order valence-corrected chi connectivity index (χ3v) is 3.37. The predicted molar refractivity (Wildman–Crippen MR) is 67.4 cm³/mol.